The Hall–Kier alpha value is -1.15. The Kier molecular flexibility index (Phi) is 4.15. The molecule has 0 spiro atoms. The van der Waals surface area contributed by atoms with Gasteiger partial charge < -0.3 is 9.52 Å². The molecule has 1 aliphatic heterocycles. The van der Waals surface area contributed by atoms with Gasteiger partial charge in [0, 0.05) is 31.5 Å². The number of rotatable bonds is 4. The average Bonchev–Trinajstić information content (AvgIpc) is 3.16. The van der Waals surface area contributed by atoms with Gasteiger partial charge >= 0.3 is 0 Å². The van der Waals surface area contributed by atoms with Crippen LogP contribution in [-0.4, -0.2) is 37.5 Å². The molecule has 7 heteroatoms. The summed E-state index contributed by atoms with van der Waals surface area (Å²) < 4.78 is 32.5. The van der Waals surface area contributed by atoms with Crippen LogP contribution in [0.5, 0.6) is 0 Å². The first kappa shape index (κ1) is 15.7. The minimum Gasteiger partial charge on any atom is -0.465 e. The Balaban J connectivity index is 1.91. The molecule has 5 nitrogen and oxygen atoms in total. The van der Waals surface area contributed by atoms with Crippen LogP contribution in [0.1, 0.15) is 23.0 Å². The molecule has 0 radical (unpaired) electrons. The van der Waals surface area contributed by atoms with Gasteiger partial charge in [-0.25, -0.2) is 8.42 Å². The highest BCUT2D eigenvalue weighted by Gasteiger charge is 2.40. The van der Waals surface area contributed by atoms with Crippen molar-refractivity contribution in [2.45, 2.75) is 24.7 Å². The van der Waals surface area contributed by atoms with Crippen molar-refractivity contribution in [2.75, 3.05) is 19.7 Å². The number of nitrogens with zero attached hydrogens (tertiary/aromatic N) is 1. The summed E-state index contributed by atoms with van der Waals surface area (Å²) in [6.45, 7) is 4.11. The lowest BCUT2D eigenvalue weighted by molar-refractivity contribution is 0.223. The monoisotopic (exact) mass is 341 g/mol. The molecular weight excluding hydrogens is 322 g/mol. The Labute approximate surface area is 134 Å². The van der Waals surface area contributed by atoms with E-state index in [0.717, 1.165) is 5.56 Å². The van der Waals surface area contributed by atoms with Crippen LogP contribution >= 0.6 is 11.3 Å². The zero-order valence-electron chi connectivity index (χ0n) is 12.5. The van der Waals surface area contributed by atoms with Crippen LogP contribution in [0.25, 0.3) is 0 Å². The highest BCUT2D eigenvalue weighted by Crippen LogP contribution is 2.37. The summed E-state index contributed by atoms with van der Waals surface area (Å²) in [5, 5.41) is 13.6. The Bertz CT molecular complexity index is 749. The maximum atomic E-state index is 12.8. The summed E-state index contributed by atoms with van der Waals surface area (Å²) in [7, 11) is -3.58. The number of furan rings is 1. The maximum absolute atomic E-state index is 12.8. The second kappa shape index (κ2) is 5.81. The number of sulfonamides is 1. The van der Waals surface area contributed by atoms with Crippen LogP contribution in [0.2, 0.25) is 0 Å². The number of thiophene rings is 1. The average molecular weight is 341 g/mol. The molecule has 0 bridgehead atoms. The molecule has 2 aromatic heterocycles. The minimum absolute atomic E-state index is 0.0179. The van der Waals surface area contributed by atoms with Gasteiger partial charge in [-0.1, -0.05) is 0 Å². The number of aliphatic hydroxyl groups excluding tert-OH is 1. The fourth-order valence-electron chi connectivity index (χ4n) is 3.08. The van der Waals surface area contributed by atoms with Crippen molar-refractivity contribution in [3.05, 3.63) is 40.0 Å². The van der Waals surface area contributed by atoms with E-state index < -0.39 is 10.0 Å². The molecule has 1 saturated heterocycles. The topological polar surface area (TPSA) is 70.8 Å². The minimum atomic E-state index is -3.58. The highest BCUT2D eigenvalue weighted by atomic mass is 32.2. The van der Waals surface area contributed by atoms with Crippen LogP contribution in [0, 0.1) is 19.8 Å². The second-order valence-corrected chi connectivity index (χ2v) is 8.39. The smallest absolute Gasteiger partial charge is 0.246 e. The van der Waals surface area contributed by atoms with Gasteiger partial charge in [0.2, 0.25) is 10.0 Å². The molecule has 0 unspecified atom stereocenters. The lowest BCUT2D eigenvalue weighted by Gasteiger charge is -2.15. The predicted molar refractivity (Wildman–Crippen MR) is 84.6 cm³/mol. The Morgan fingerprint density at radius 3 is 2.73 bits per heavy atom. The van der Waals surface area contributed by atoms with E-state index in [1.54, 1.807) is 31.3 Å². The van der Waals surface area contributed by atoms with Crippen molar-refractivity contribution in [3.8, 4) is 0 Å². The molecule has 0 amide bonds. The fraction of sp³-hybridized carbons (Fsp3) is 0.467. The summed E-state index contributed by atoms with van der Waals surface area (Å²) in [5.74, 6) is 0.970. The third kappa shape index (κ3) is 2.62. The molecule has 1 N–H and O–H groups in total. The lowest BCUT2D eigenvalue weighted by atomic mass is 9.92. The quantitative estimate of drug-likeness (QED) is 0.927. The molecule has 3 heterocycles. The van der Waals surface area contributed by atoms with Gasteiger partial charge in [0.25, 0.3) is 0 Å². The summed E-state index contributed by atoms with van der Waals surface area (Å²) in [4.78, 5) is 0.229. The van der Waals surface area contributed by atoms with Crippen molar-refractivity contribution in [1.29, 1.82) is 0 Å². The van der Waals surface area contributed by atoms with Crippen molar-refractivity contribution in [2.24, 2.45) is 5.92 Å². The number of hydrogen-bond acceptors (Lipinski definition) is 5. The SMILES string of the molecule is Cc1cc(S(=O)(=O)N2C[C@@H](CO)[C@@H](c3ccsc3)C2)c(C)o1. The van der Waals surface area contributed by atoms with Gasteiger partial charge in [0.1, 0.15) is 16.4 Å². The van der Waals surface area contributed by atoms with Crippen LogP contribution in [0.3, 0.4) is 0 Å². The van der Waals surface area contributed by atoms with Crippen LogP contribution < -0.4 is 0 Å². The van der Waals surface area contributed by atoms with Crippen molar-refractivity contribution in [3.63, 3.8) is 0 Å². The summed E-state index contributed by atoms with van der Waals surface area (Å²) in [6.07, 6.45) is 0. The molecule has 2 atom stereocenters. The first-order valence-corrected chi connectivity index (χ1v) is 9.52. The van der Waals surface area contributed by atoms with E-state index in [1.807, 2.05) is 16.8 Å². The van der Waals surface area contributed by atoms with E-state index in [0.29, 0.717) is 24.6 Å². The molecule has 22 heavy (non-hydrogen) atoms. The van der Waals surface area contributed by atoms with E-state index in [1.165, 1.54) is 4.31 Å². The normalized spacial score (nSPS) is 23.2. The largest absolute Gasteiger partial charge is 0.465 e. The zero-order valence-corrected chi connectivity index (χ0v) is 14.2. The standard InChI is InChI=1S/C15H19NO4S2/c1-10-5-15(11(2)20-10)22(18,19)16-6-13(8-17)14(7-16)12-3-4-21-9-12/h3-5,9,13-14,17H,6-8H2,1-2H3/t13-,14+/m0/s1. The molecule has 0 aromatic carbocycles. The van der Waals surface area contributed by atoms with E-state index in [2.05, 4.69) is 0 Å². The van der Waals surface area contributed by atoms with Crippen molar-refractivity contribution < 1.29 is 17.9 Å². The highest BCUT2D eigenvalue weighted by molar-refractivity contribution is 7.89. The summed E-state index contributed by atoms with van der Waals surface area (Å²) in [6, 6.07) is 3.57. The Morgan fingerprint density at radius 2 is 2.18 bits per heavy atom. The third-order valence-electron chi connectivity index (χ3n) is 4.23. The van der Waals surface area contributed by atoms with Crippen molar-refractivity contribution in [1.82, 2.24) is 4.31 Å². The predicted octanol–water partition coefficient (Wildman–Crippen LogP) is 2.35. The van der Waals surface area contributed by atoms with Crippen LogP contribution in [-0.2, 0) is 10.0 Å². The second-order valence-electron chi connectivity index (χ2n) is 5.71. The van der Waals surface area contributed by atoms with E-state index in [4.69, 9.17) is 4.42 Å². The number of hydrogen-bond donors (Lipinski definition) is 1. The lowest BCUT2D eigenvalue weighted by Crippen LogP contribution is -2.29. The van der Waals surface area contributed by atoms with E-state index >= 15 is 0 Å². The molecule has 0 saturated carbocycles. The van der Waals surface area contributed by atoms with Gasteiger partial charge in [-0.2, -0.15) is 15.6 Å². The van der Waals surface area contributed by atoms with Gasteiger partial charge in [0.15, 0.2) is 0 Å². The first-order valence-electron chi connectivity index (χ1n) is 7.13. The summed E-state index contributed by atoms with van der Waals surface area (Å²) in [5.41, 5.74) is 1.10. The zero-order chi connectivity index (χ0) is 15.9. The molecule has 1 fully saturated rings. The fourth-order valence-corrected chi connectivity index (χ4v) is 5.55. The molecule has 3 rings (SSSR count). The van der Waals surface area contributed by atoms with Crippen LogP contribution in [0.15, 0.2) is 32.2 Å². The van der Waals surface area contributed by atoms with Crippen LogP contribution in [0.4, 0.5) is 0 Å². The molecule has 120 valence electrons. The molecule has 1 aliphatic rings. The van der Waals surface area contributed by atoms with E-state index in [9.17, 15) is 13.5 Å². The molecular formula is C15H19NO4S2. The summed E-state index contributed by atoms with van der Waals surface area (Å²) >= 11 is 1.59. The van der Waals surface area contributed by atoms with Crippen molar-refractivity contribution >= 4 is 21.4 Å². The number of aliphatic hydroxyl groups is 1. The van der Waals surface area contributed by atoms with E-state index in [-0.39, 0.29) is 23.3 Å². The molecule has 0 aliphatic carbocycles. The van der Waals surface area contributed by atoms with Gasteiger partial charge in [-0.05, 0) is 42.3 Å². The van der Waals surface area contributed by atoms with Gasteiger partial charge in [-0.15, -0.1) is 0 Å². The third-order valence-corrected chi connectivity index (χ3v) is 6.87. The maximum Gasteiger partial charge on any atom is 0.246 e. The number of aryl methyl sites for hydroxylation is 2. The van der Waals surface area contributed by atoms with Gasteiger partial charge in [-0.3, -0.25) is 0 Å². The van der Waals surface area contributed by atoms with Gasteiger partial charge in [0.05, 0.1) is 0 Å². The first-order chi connectivity index (χ1) is 10.4. The Morgan fingerprint density at radius 1 is 1.41 bits per heavy atom. The molecule has 2 aromatic rings.